The van der Waals surface area contributed by atoms with Crippen LogP contribution in [0.2, 0.25) is 0 Å². The molecule has 8 heteroatoms. The van der Waals surface area contributed by atoms with Gasteiger partial charge in [-0.25, -0.2) is 9.29 Å². The van der Waals surface area contributed by atoms with Crippen molar-refractivity contribution < 1.29 is 18.8 Å². The van der Waals surface area contributed by atoms with E-state index in [1.165, 1.54) is 18.2 Å². The highest BCUT2D eigenvalue weighted by molar-refractivity contribution is 6.53. The van der Waals surface area contributed by atoms with Crippen molar-refractivity contribution in [3.63, 3.8) is 0 Å². The highest BCUT2D eigenvalue weighted by atomic mass is 35.5. The van der Waals surface area contributed by atoms with Crippen molar-refractivity contribution in [2.75, 3.05) is 15.5 Å². The van der Waals surface area contributed by atoms with E-state index in [1.54, 1.807) is 24.3 Å². The normalized spacial score (nSPS) is 13.6. The number of nitrogens with one attached hydrogen (secondary N) is 2. The quantitative estimate of drug-likeness (QED) is 0.450. The number of carbonyl (C=O) groups is 3. The molecule has 3 amide bonds. The number of para-hydroxylation sites is 2. The van der Waals surface area contributed by atoms with Gasteiger partial charge in [0, 0.05) is 16.9 Å². The van der Waals surface area contributed by atoms with Crippen LogP contribution in [0, 0.1) is 5.82 Å². The second-order valence-corrected chi connectivity index (χ2v) is 8.36. The molecule has 0 atom stereocenters. The van der Waals surface area contributed by atoms with Crippen LogP contribution in [0.5, 0.6) is 0 Å². The first-order valence-corrected chi connectivity index (χ1v) is 11.0. The molecule has 0 unspecified atom stereocenters. The number of imide groups is 1. The summed E-state index contributed by atoms with van der Waals surface area (Å²) in [6.07, 6.45) is 0. The molecule has 0 saturated carbocycles. The molecular formula is C26H21ClFN3O3. The number of hydrogen-bond donors (Lipinski definition) is 2. The first-order valence-electron chi connectivity index (χ1n) is 10.6. The van der Waals surface area contributed by atoms with Gasteiger partial charge in [0.2, 0.25) is 0 Å². The third-order valence-electron chi connectivity index (χ3n) is 5.37. The maximum atomic E-state index is 14.1. The molecule has 3 aromatic carbocycles. The Hall–Kier alpha value is -3.97. The summed E-state index contributed by atoms with van der Waals surface area (Å²) in [5, 5.41) is 5.38. The Bertz CT molecular complexity index is 1320. The van der Waals surface area contributed by atoms with Crippen molar-refractivity contribution >= 4 is 46.4 Å². The molecule has 0 saturated heterocycles. The smallest absolute Gasteiger partial charge is 0.283 e. The Morgan fingerprint density at radius 1 is 0.912 bits per heavy atom. The van der Waals surface area contributed by atoms with Gasteiger partial charge >= 0.3 is 0 Å². The molecule has 172 valence electrons. The summed E-state index contributed by atoms with van der Waals surface area (Å²) in [6, 6.07) is 19.4. The molecule has 0 radical (unpaired) electrons. The predicted octanol–water partition coefficient (Wildman–Crippen LogP) is 5.64. The molecule has 1 heterocycles. The van der Waals surface area contributed by atoms with Crippen molar-refractivity contribution in [3.8, 4) is 0 Å². The van der Waals surface area contributed by atoms with Crippen LogP contribution in [0.1, 0.15) is 35.7 Å². The minimum absolute atomic E-state index is 0.169. The number of carbonyl (C=O) groups excluding carboxylic acids is 3. The summed E-state index contributed by atoms with van der Waals surface area (Å²) in [6.45, 7) is 4.10. The van der Waals surface area contributed by atoms with Gasteiger partial charge in [0.05, 0.1) is 5.69 Å². The zero-order valence-corrected chi connectivity index (χ0v) is 19.2. The Morgan fingerprint density at radius 2 is 1.56 bits per heavy atom. The Labute approximate surface area is 201 Å². The van der Waals surface area contributed by atoms with Gasteiger partial charge in [-0.15, -0.1) is 0 Å². The fourth-order valence-electron chi connectivity index (χ4n) is 3.62. The third kappa shape index (κ3) is 4.43. The van der Waals surface area contributed by atoms with Crippen molar-refractivity contribution in [2.45, 2.75) is 19.8 Å². The van der Waals surface area contributed by atoms with E-state index in [2.05, 4.69) is 10.6 Å². The van der Waals surface area contributed by atoms with Crippen molar-refractivity contribution in [1.82, 2.24) is 0 Å². The Morgan fingerprint density at radius 3 is 2.24 bits per heavy atom. The monoisotopic (exact) mass is 477 g/mol. The topological polar surface area (TPSA) is 78.5 Å². The molecule has 4 rings (SSSR count). The highest BCUT2D eigenvalue weighted by Gasteiger charge is 2.40. The minimum Gasteiger partial charge on any atom is -0.350 e. The number of amides is 3. The lowest BCUT2D eigenvalue weighted by Crippen LogP contribution is -2.33. The van der Waals surface area contributed by atoms with Crippen LogP contribution in [0.15, 0.2) is 83.5 Å². The SMILES string of the molecule is CC(C)c1ccccc1NC(=O)c1ccc(NC2=C(Cl)C(=O)N(c3ccccc3F)C2=O)cc1. The third-order valence-corrected chi connectivity index (χ3v) is 5.72. The van der Waals surface area contributed by atoms with Crippen LogP contribution in [0.25, 0.3) is 0 Å². The molecule has 0 fully saturated rings. The molecule has 6 nitrogen and oxygen atoms in total. The zero-order valence-electron chi connectivity index (χ0n) is 18.4. The summed E-state index contributed by atoms with van der Waals surface area (Å²) >= 11 is 6.10. The van der Waals surface area contributed by atoms with Crippen LogP contribution in [-0.4, -0.2) is 17.7 Å². The summed E-state index contributed by atoms with van der Waals surface area (Å²) in [5.41, 5.74) is 2.26. The number of rotatable bonds is 6. The van der Waals surface area contributed by atoms with E-state index < -0.39 is 17.6 Å². The molecule has 0 bridgehead atoms. The summed E-state index contributed by atoms with van der Waals surface area (Å²) in [5.74, 6) is -2.35. The molecule has 0 aromatic heterocycles. The summed E-state index contributed by atoms with van der Waals surface area (Å²) in [4.78, 5) is 38.7. The van der Waals surface area contributed by atoms with Gasteiger partial charge in [-0.2, -0.15) is 0 Å². The van der Waals surface area contributed by atoms with E-state index in [0.29, 0.717) is 16.2 Å². The largest absolute Gasteiger partial charge is 0.350 e. The average molecular weight is 478 g/mol. The van der Waals surface area contributed by atoms with Crippen LogP contribution in [-0.2, 0) is 9.59 Å². The van der Waals surface area contributed by atoms with Crippen LogP contribution in [0.4, 0.5) is 21.5 Å². The van der Waals surface area contributed by atoms with Crippen molar-refractivity contribution in [3.05, 3.63) is 100 Å². The predicted molar refractivity (Wildman–Crippen MR) is 130 cm³/mol. The van der Waals surface area contributed by atoms with Crippen LogP contribution in [0.3, 0.4) is 0 Å². The van der Waals surface area contributed by atoms with Gasteiger partial charge < -0.3 is 10.6 Å². The number of nitrogens with zero attached hydrogens (tertiary/aromatic N) is 1. The van der Waals surface area contributed by atoms with E-state index >= 15 is 0 Å². The molecular weight excluding hydrogens is 457 g/mol. The summed E-state index contributed by atoms with van der Waals surface area (Å²) in [7, 11) is 0. The lowest BCUT2D eigenvalue weighted by atomic mass is 10.0. The van der Waals surface area contributed by atoms with E-state index in [-0.39, 0.29) is 28.2 Å². The van der Waals surface area contributed by atoms with Crippen molar-refractivity contribution in [2.24, 2.45) is 0 Å². The number of benzene rings is 3. The first kappa shape index (κ1) is 23.2. The first-order chi connectivity index (χ1) is 16.3. The Balaban J connectivity index is 1.50. The van der Waals surface area contributed by atoms with Crippen LogP contribution >= 0.6 is 11.6 Å². The minimum atomic E-state index is -0.820. The molecule has 1 aliphatic heterocycles. The lowest BCUT2D eigenvalue weighted by Gasteiger charge is -2.16. The second kappa shape index (κ2) is 9.49. The zero-order chi connectivity index (χ0) is 24.4. The van der Waals surface area contributed by atoms with Gasteiger partial charge in [-0.3, -0.25) is 14.4 Å². The fourth-order valence-corrected chi connectivity index (χ4v) is 3.83. The van der Waals surface area contributed by atoms with E-state index in [1.807, 2.05) is 38.1 Å². The average Bonchev–Trinajstić information content (AvgIpc) is 3.03. The number of hydrogen-bond acceptors (Lipinski definition) is 4. The van der Waals surface area contributed by atoms with E-state index in [9.17, 15) is 18.8 Å². The standard InChI is InChI=1S/C26H21ClFN3O3/c1-15(2)18-7-3-5-9-20(18)30-24(32)16-11-13-17(14-12-16)29-23-22(27)25(33)31(26(23)34)21-10-6-4-8-19(21)28/h3-15,29H,1-2H3,(H,30,32). The van der Waals surface area contributed by atoms with Crippen molar-refractivity contribution in [1.29, 1.82) is 0 Å². The van der Waals surface area contributed by atoms with Crippen LogP contribution < -0.4 is 15.5 Å². The van der Waals surface area contributed by atoms with E-state index in [4.69, 9.17) is 11.6 Å². The molecule has 0 spiro atoms. The lowest BCUT2D eigenvalue weighted by molar-refractivity contribution is -0.120. The maximum Gasteiger partial charge on any atom is 0.283 e. The molecule has 2 N–H and O–H groups in total. The van der Waals surface area contributed by atoms with Gasteiger partial charge in [0.25, 0.3) is 17.7 Å². The number of halogens is 2. The maximum absolute atomic E-state index is 14.1. The summed E-state index contributed by atoms with van der Waals surface area (Å²) < 4.78 is 14.1. The van der Waals surface area contributed by atoms with Gasteiger partial charge in [0.1, 0.15) is 16.5 Å². The van der Waals surface area contributed by atoms with Gasteiger partial charge in [0.15, 0.2) is 0 Å². The Kier molecular flexibility index (Phi) is 6.47. The van der Waals surface area contributed by atoms with Gasteiger partial charge in [-0.05, 0) is 53.9 Å². The van der Waals surface area contributed by atoms with E-state index in [0.717, 1.165) is 17.3 Å². The fraction of sp³-hybridized carbons (Fsp3) is 0.115. The molecule has 1 aliphatic rings. The number of anilines is 3. The highest BCUT2D eigenvalue weighted by Crippen LogP contribution is 2.31. The molecule has 3 aromatic rings. The second-order valence-electron chi connectivity index (χ2n) is 7.98. The van der Waals surface area contributed by atoms with Gasteiger partial charge in [-0.1, -0.05) is 55.8 Å². The molecule has 0 aliphatic carbocycles. The molecule has 34 heavy (non-hydrogen) atoms.